The average molecular weight is 404 g/mol. The Labute approximate surface area is 166 Å². The highest BCUT2D eigenvalue weighted by Crippen LogP contribution is 2.29. The van der Waals surface area contributed by atoms with Gasteiger partial charge in [0.1, 0.15) is 12.4 Å². The normalized spacial score (nSPS) is 10.3. The van der Waals surface area contributed by atoms with Crippen molar-refractivity contribution in [3.63, 3.8) is 0 Å². The number of halogens is 1. The fourth-order valence-corrected chi connectivity index (χ4v) is 3.46. The predicted octanol–water partition coefficient (Wildman–Crippen LogP) is 5.25. The zero-order chi connectivity index (χ0) is 19.2. The summed E-state index contributed by atoms with van der Waals surface area (Å²) in [6.45, 7) is 0.346. The van der Waals surface area contributed by atoms with Crippen LogP contribution in [0.1, 0.15) is 15.2 Å². The van der Waals surface area contributed by atoms with E-state index in [1.807, 2.05) is 29.6 Å². The number of ether oxygens (including phenoxy) is 3. The first-order chi connectivity index (χ1) is 13.1. The minimum Gasteiger partial charge on any atom is -0.495 e. The molecular formula is C20H18ClNO4S. The van der Waals surface area contributed by atoms with Crippen molar-refractivity contribution in [1.82, 2.24) is 0 Å². The van der Waals surface area contributed by atoms with Crippen LogP contribution in [-0.4, -0.2) is 20.1 Å². The number of anilines is 1. The van der Waals surface area contributed by atoms with Crippen LogP contribution < -0.4 is 19.5 Å². The molecule has 5 nitrogen and oxygen atoms in total. The number of carbonyl (C=O) groups excluding carboxylic acids is 1. The van der Waals surface area contributed by atoms with Crippen molar-refractivity contribution in [3.05, 3.63) is 69.4 Å². The second-order valence-electron chi connectivity index (χ2n) is 5.56. The molecule has 7 heteroatoms. The summed E-state index contributed by atoms with van der Waals surface area (Å²) in [5, 5.41) is 5.16. The highest BCUT2D eigenvalue weighted by Gasteiger charge is 2.12. The van der Waals surface area contributed by atoms with E-state index in [0.29, 0.717) is 39.4 Å². The third-order valence-corrected chi connectivity index (χ3v) is 5.02. The maximum atomic E-state index is 12.4. The Morgan fingerprint density at radius 1 is 1.04 bits per heavy atom. The number of benzene rings is 2. The Kier molecular flexibility index (Phi) is 6.21. The van der Waals surface area contributed by atoms with E-state index in [1.54, 1.807) is 38.5 Å². The first-order valence-corrected chi connectivity index (χ1v) is 9.34. The Bertz CT molecular complexity index is 941. The van der Waals surface area contributed by atoms with E-state index >= 15 is 0 Å². The number of methoxy groups -OCH3 is 2. The average Bonchev–Trinajstić information content (AvgIpc) is 3.16. The molecule has 1 aromatic heterocycles. The van der Waals surface area contributed by atoms with Crippen LogP contribution in [0.3, 0.4) is 0 Å². The monoisotopic (exact) mass is 403 g/mol. The van der Waals surface area contributed by atoms with Gasteiger partial charge in [-0.15, -0.1) is 11.3 Å². The summed E-state index contributed by atoms with van der Waals surface area (Å²) in [6, 6.07) is 14.3. The van der Waals surface area contributed by atoms with E-state index < -0.39 is 0 Å². The van der Waals surface area contributed by atoms with Crippen molar-refractivity contribution in [1.29, 1.82) is 0 Å². The molecule has 1 heterocycles. The van der Waals surface area contributed by atoms with E-state index in [1.165, 1.54) is 11.3 Å². The first kappa shape index (κ1) is 19.1. The molecule has 27 heavy (non-hydrogen) atoms. The Hall–Kier alpha value is -2.70. The molecule has 0 spiro atoms. The summed E-state index contributed by atoms with van der Waals surface area (Å²) in [7, 11) is 3.14. The first-order valence-electron chi connectivity index (χ1n) is 8.09. The van der Waals surface area contributed by atoms with Crippen LogP contribution in [0.5, 0.6) is 17.2 Å². The fourth-order valence-electron chi connectivity index (χ4n) is 2.41. The molecule has 1 amide bonds. The maximum Gasteiger partial charge on any atom is 0.265 e. The number of hydrogen-bond acceptors (Lipinski definition) is 5. The van der Waals surface area contributed by atoms with Crippen molar-refractivity contribution in [2.75, 3.05) is 19.5 Å². The molecular weight excluding hydrogens is 386 g/mol. The number of amides is 1. The van der Waals surface area contributed by atoms with Gasteiger partial charge in [0, 0.05) is 11.3 Å². The summed E-state index contributed by atoms with van der Waals surface area (Å²) in [4.78, 5) is 13.0. The van der Waals surface area contributed by atoms with Gasteiger partial charge >= 0.3 is 0 Å². The Morgan fingerprint density at radius 3 is 2.48 bits per heavy atom. The second-order valence-corrected chi connectivity index (χ2v) is 6.88. The molecule has 0 aliphatic heterocycles. The van der Waals surface area contributed by atoms with Crippen LogP contribution in [0.4, 0.5) is 5.69 Å². The smallest absolute Gasteiger partial charge is 0.265 e. The molecule has 2 aromatic carbocycles. The summed E-state index contributed by atoms with van der Waals surface area (Å²) in [5.41, 5.74) is 1.51. The fraction of sp³-hybridized carbons (Fsp3) is 0.150. The van der Waals surface area contributed by atoms with Crippen LogP contribution in [-0.2, 0) is 6.61 Å². The summed E-state index contributed by atoms with van der Waals surface area (Å²) in [6.07, 6.45) is 0. The molecule has 0 unspecified atom stereocenters. The molecule has 0 saturated heterocycles. The third kappa shape index (κ3) is 4.72. The molecule has 0 saturated carbocycles. The lowest BCUT2D eigenvalue weighted by atomic mass is 10.2. The largest absolute Gasteiger partial charge is 0.495 e. The van der Waals surface area contributed by atoms with Crippen molar-refractivity contribution < 1.29 is 19.0 Å². The van der Waals surface area contributed by atoms with E-state index in [0.717, 1.165) is 5.56 Å². The summed E-state index contributed by atoms with van der Waals surface area (Å²) in [5.74, 6) is 1.68. The quantitative estimate of drug-likeness (QED) is 0.585. The second kappa shape index (κ2) is 8.79. The molecule has 0 bridgehead atoms. The topological polar surface area (TPSA) is 56.8 Å². The van der Waals surface area contributed by atoms with Crippen molar-refractivity contribution in [2.45, 2.75) is 6.61 Å². The molecule has 1 N–H and O–H groups in total. The molecule has 0 radical (unpaired) electrons. The lowest BCUT2D eigenvalue weighted by Gasteiger charge is -2.09. The highest BCUT2D eigenvalue weighted by atomic mass is 35.5. The van der Waals surface area contributed by atoms with Gasteiger partial charge in [0.2, 0.25) is 0 Å². The van der Waals surface area contributed by atoms with Crippen molar-refractivity contribution in [2.24, 2.45) is 0 Å². The molecule has 0 fully saturated rings. The minimum atomic E-state index is -0.204. The zero-order valence-corrected chi connectivity index (χ0v) is 16.4. The maximum absolute atomic E-state index is 12.4. The predicted molar refractivity (Wildman–Crippen MR) is 108 cm³/mol. The zero-order valence-electron chi connectivity index (χ0n) is 14.8. The Morgan fingerprint density at radius 2 is 1.78 bits per heavy atom. The van der Waals surface area contributed by atoms with E-state index in [4.69, 9.17) is 25.8 Å². The molecule has 3 aromatic rings. The van der Waals surface area contributed by atoms with Crippen LogP contribution in [0.2, 0.25) is 5.02 Å². The van der Waals surface area contributed by atoms with Gasteiger partial charge < -0.3 is 19.5 Å². The number of rotatable bonds is 7. The van der Waals surface area contributed by atoms with Gasteiger partial charge in [-0.1, -0.05) is 23.7 Å². The van der Waals surface area contributed by atoms with E-state index in [9.17, 15) is 4.79 Å². The van der Waals surface area contributed by atoms with Gasteiger partial charge in [0.15, 0.2) is 11.5 Å². The van der Waals surface area contributed by atoms with Crippen LogP contribution in [0, 0.1) is 0 Å². The van der Waals surface area contributed by atoms with Gasteiger partial charge in [-0.2, -0.15) is 0 Å². The molecule has 0 aliphatic rings. The highest BCUT2D eigenvalue weighted by molar-refractivity contribution is 7.12. The van der Waals surface area contributed by atoms with E-state index in [2.05, 4.69) is 5.32 Å². The number of thiophene rings is 1. The third-order valence-electron chi connectivity index (χ3n) is 3.75. The van der Waals surface area contributed by atoms with Crippen LogP contribution in [0.15, 0.2) is 53.9 Å². The summed E-state index contributed by atoms with van der Waals surface area (Å²) >= 11 is 7.44. The molecule has 3 rings (SSSR count). The van der Waals surface area contributed by atoms with Crippen molar-refractivity contribution in [3.8, 4) is 17.2 Å². The molecule has 0 aliphatic carbocycles. The van der Waals surface area contributed by atoms with Gasteiger partial charge in [-0.05, 0) is 41.8 Å². The van der Waals surface area contributed by atoms with Gasteiger partial charge in [0.25, 0.3) is 5.91 Å². The summed E-state index contributed by atoms with van der Waals surface area (Å²) < 4.78 is 16.2. The van der Waals surface area contributed by atoms with Crippen LogP contribution >= 0.6 is 22.9 Å². The number of para-hydroxylation sites is 2. The van der Waals surface area contributed by atoms with Gasteiger partial charge in [0.05, 0.1) is 24.1 Å². The Balaban J connectivity index is 1.63. The molecule has 0 atom stereocenters. The van der Waals surface area contributed by atoms with E-state index in [-0.39, 0.29) is 5.91 Å². The number of hydrogen-bond donors (Lipinski definition) is 1. The molecule has 140 valence electrons. The number of nitrogens with one attached hydrogen (secondary N) is 1. The minimum absolute atomic E-state index is 0.204. The van der Waals surface area contributed by atoms with Gasteiger partial charge in [-0.25, -0.2) is 0 Å². The number of carbonyl (C=O) groups is 1. The van der Waals surface area contributed by atoms with Gasteiger partial charge in [-0.3, -0.25) is 4.79 Å². The lowest BCUT2D eigenvalue weighted by Crippen LogP contribution is -2.10. The van der Waals surface area contributed by atoms with Crippen molar-refractivity contribution >= 4 is 34.5 Å². The standard InChI is InChI=1S/C20H18ClNO4S/c1-24-16-8-7-14(10-15(16)21)22-20(23)19-9-13(12-27-19)11-26-18-6-4-3-5-17(18)25-2/h3-10,12H,11H2,1-2H3,(H,22,23). The van der Waals surface area contributed by atoms with Crippen LogP contribution in [0.25, 0.3) is 0 Å². The SMILES string of the molecule is COc1ccc(NC(=O)c2cc(COc3ccccc3OC)cs2)cc1Cl. The lowest BCUT2D eigenvalue weighted by molar-refractivity contribution is 0.103.